The van der Waals surface area contributed by atoms with Gasteiger partial charge in [-0.25, -0.2) is 13.4 Å². The number of aromatic nitrogens is 1. The molecule has 0 unspecified atom stereocenters. The molecule has 0 bridgehead atoms. The summed E-state index contributed by atoms with van der Waals surface area (Å²) in [6, 6.07) is 5.12. The SMILES string of the molecule is O=S(=O)(CCCCl)Nc1ccc2nc(Cl)sc2c1. The Hall–Kier alpha value is -0.560. The summed E-state index contributed by atoms with van der Waals surface area (Å²) in [6.07, 6.45) is 0.422. The van der Waals surface area contributed by atoms with Crippen LogP contribution in [0.15, 0.2) is 18.2 Å². The third kappa shape index (κ3) is 3.47. The Morgan fingerprint density at radius 3 is 2.89 bits per heavy atom. The van der Waals surface area contributed by atoms with Gasteiger partial charge in [-0.3, -0.25) is 4.72 Å². The largest absolute Gasteiger partial charge is 0.284 e. The van der Waals surface area contributed by atoms with Crippen LogP contribution in [0.1, 0.15) is 6.42 Å². The zero-order valence-electron chi connectivity index (χ0n) is 9.19. The first-order chi connectivity index (χ1) is 8.50. The van der Waals surface area contributed by atoms with Crippen LogP contribution in [0.4, 0.5) is 5.69 Å². The maximum absolute atomic E-state index is 11.7. The monoisotopic (exact) mass is 324 g/mol. The number of nitrogens with one attached hydrogen (secondary N) is 1. The van der Waals surface area contributed by atoms with Crippen molar-refractivity contribution in [2.24, 2.45) is 0 Å². The van der Waals surface area contributed by atoms with E-state index in [1.807, 2.05) is 0 Å². The molecule has 1 aromatic heterocycles. The minimum Gasteiger partial charge on any atom is -0.284 e. The van der Waals surface area contributed by atoms with Gasteiger partial charge < -0.3 is 0 Å². The summed E-state index contributed by atoms with van der Waals surface area (Å²) in [7, 11) is -3.34. The summed E-state index contributed by atoms with van der Waals surface area (Å²) in [4.78, 5) is 4.09. The molecule has 0 aliphatic rings. The summed E-state index contributed by atoms with van der Waals surface area (Å²) < 4.78 is 27.2. The number of nitrogens with zero attached hydrogens (tertiary/aromatic N) is 1. The minimum atomic E-state index is -3.34. The highest BCUT2D eigenvalue weighted by Gasteiger charge is 2.11. The first kappa shape index (κ1) is 13.9. The van der Waals surface area contributed by atoms with Gasteiger partial charge in [0.1, 0.15) is 0 Å². The van der Waals surface area contributed by atoms with Gasteiger partial charge in [-0.2, -0.15) is 0 Å². The normalized spacial score (nSPS) is 11.9. The van der Waals surface area contributed by atoms with Gasteiger partial charge in [0, 0.05) is 5.88 Å². The number of fused-ring (bicyclic) bond motifs is 1. The first-order valence-electron chi connectivity index (χ1n) is 5.13. The Morgan fingerprint density at radius 2 is 2.17 bits per heavy atom. The van der Waals surface area contributed by atoms with Gasteiger partial charge in [-0.05, 0) is 24.6 Å². The van der Waals surface area contributed by atoms with Crippen molar-refractivity contribution in [3.63, 3.8) is 0 Å². The van der Waals surface area contributed by atoms with Gasteiger partial charge >= 0.3 is 0 Å². The van der Waals surface area contributed by atoms with Crippen LogP contribution in [0, 0.1) is 0 Å². The van der Waals surface area contributed by atoms with E-state index >= 15 is 0 Å². The van der Waals surface area contributed by atoms with Crippen LogP contribution in [0.5, 0.6) is 0 Å². The van der Waals surface area contributed by atoms with E-state index in [2.05, 4.69) is 9.71 Å². The number of halogens is 2. The number of alkyl halides is 1. The van der Waals surface area contributed by atoms with Crippen LogP contribution in [0.2, 0.25) is 4.47 Å². The van der Waals surface area contributed by atoms with E-state index in [0.29, 0.717) is 22.5 Å². The highest BCUT2D eigenvalue weighted by molar-refractivity contribution is 7.92. The summed E-state index contributed by atoms with van der Waals surface area (Å²) in [5, 5.41) is 0. The molecule has 1 N–H and O–H groups in total. The molecule has 0 saturated carbocycles. The predicted molar refractivity (Wildman–Crippen MR) is 77.4 cm³/mol. The molecule has 8 heteroatoms. The van der Waals surface area contributed by atoms with E-state index in [-0.39, 0.29) is 5.75 Å². The van der Waals surface area contributed by atoms with E-state index < -0.39 is 10.0 Å². The molecule has 0 spiro atoms. The number of rotatable bonds is 5. The number of thiazole rings is 1. The fraction of sp³-hybridized carbons (Fsp3) is 0.300. The van der Waals surface area contributed by atoms with Crippen molar-refractivity contribution in [2.75, 3.05) is 16.4 Å². The van der Waals surface area contributed by atoms with Crippen LogP contribution in [0.3, 0.4) is 0 Å². The Balaban J connectivity index is 2.21. The molecule has 1 aromatic carbocycles. The maximum Gasteiger partial charge on any atom is 0.232 e. The van der Waals surface area contributed by atoms with E-state index in [1.165, 1.54) is 11.3 Å². The Bertz CT molecular complexity index is 655. The van der Waals surface area contributed by atoms with Gasteiger partial charge in [0.15, 0.2) is 4.47 Å². The molecule has 0 amide bonds. The molecule has 0 atom stereocenters. The van der Waals surface area contributed by atoms with Gasteiger partial charge in [0.25, 0.3) is 0 Å². The fourth-order valence-electron chi connectivity index (χ4n) is 1.44. The molecule has 0 aliphatic carbocycles. The molecule has 1 heterocycles. The molecule has 0 saturated heterocycles. The molecule has 98 valence electrons. The molecule has 18 heavy (non-hydrogen) atoms. The highest BCUT2D eigenvalue weighted by Crippen LogP contribution is 2.28. The summed E-state index contributed by atoms with van der Waals surface area (Å²) in [6.45, 7) is 0. The Kier molecular flexibility index (Phi) is 4.32. The second kappa shape index (κ2) is 5.61. The van der Waals surface area contributed by atoms with E-state index in [1.54, 1.807) is 18.2 Å². The van der Waals surface area contributed by atoms with Crippen molar-refractivity contribution in [2.45, 2.75) is 6.42 Å². The van der Waals surface area contributed by atoms with Crippen LogP contribution in [-0.4, -0.2) is 25.0 Å². The number of hydrogen-bond donors (Lipinski definition) is 1. The lowest BCUT2D eigenvalue weighted by Crippen LogP contribution is -2.16. The average molecular weight is 325 g/mol. The lowest BCUT2D eigenvalue weighted by atomic mass is 10.3. The third-order valence-electron chi connectivity index (χ3n) is 2.18. The third-order valence-corrected chi connectivity index (χ3v) is 4.95. The van der Waals surface area contributed by atoms with Crippen molar-refractivity contribution in [3.8, 4) is 0 Å². The second-order valence-corrected chi connectivity index (χ2v) is 7.45. The summed E-state index contributed by atoms with van der Waals surface area (Å²) in [5.74, 6) is 0.336. The van der Waals surface area contributed by atoms with Crippen molar-refractivity contribution < 1.29 is 8.42 Å². The van der Waals surface area contributed by atoms with Crippen LogP contribution in [0.25, 0.3) is 10.2 Å². The average Bonchev–Trinajstić information content (AvgIpc) is 2.65. The lowest BCUT2D eigenvalue weighted by Gasteiger charge is -2.06. The number of anilines is 1. The predicted octanol–water partition coefficient (Wildman–Crippen LogP) is 3.32. The molecule has 0 aliphatic heterocycles. The fourth-order valence-corrected chi connectivity index (χ4v) is 3.91. The lowest BCUT2D eigenvalue weighted by molar-refractivity contribution is 0.600. The zero-order valence-corrected chi connectivity index (χ0v) is 12.3. The molecule has 4 nitrogen and oxygen atoms in total. The van der Waals surface area contributed by atoms with Crippen LogP contribution in [-0.2, 0) is 10.0 Å². The highest BCUT2D eigenvalue weighted by atomic mass is 35.5. The van der Waals surface area contributed by atoms with Crippen LogP contribution < -0.4 is 4.72 Å². The van der Waals surface area contributed by atoms with Crippen molar-refractivity contribution in [1.29, 1.82) is 0 Å². The van der Waals surface area contributed by atoms with Gasteiger partial charge in [0.2, 0.25) is 10.0 Å². The molecular weight excluding hydrogens is 315 g/mol. The molecule has 0 fully saturated rings. The number of hydrogen-bond acceptors (Lipinski definition) is 4. The van der Waals surface area contributed by atoms with Crippen LogP contribution >= 0.6 is 34.5 Å². The number of benzene rings is 1. The van der Waals surface area contributed by atoms with Crippen molar-refractivity contribution in [3.05, 3.63) is 22.7 Å². The van der Waals surface area contributed by atoms with E-state index in [4.69, 9.17) is 23.2 Å². The smallest absolute Gasteiger partial charge is 0.232 e. The standard InChI is InChI=1S/C10H10Cl2N2O2S2/c11-4-1-5-18(15,16)14-7-2-3-8-9(6-7)17-10(12)13-8/h2-3,6,14H,1,4-5H2. The topological polar surface area (TPSA) is 59.1 Å². The Labute approximate surface area is 119 Å². The van der Waals surface area contributed by atoms with Gasteiger partial charge in [-0.15, -0.1) is 22.9 Å². The van der Waals surface area contributed by atoms with E-state index in [9.17, 15) is 8.42 Å². The summed E-state index contributed by atoms with van der Waals surface area (Å²) in [5.41, 5.74) is 1.27. The van der Waals surface area contributed by atoms with Crippen molar-refractivity contribution in [1.82, 2.24) is 4.98 Å². The minimum absolute atomic E-state index is 0.0119. The quantitative estimate of drug-likeness (QED) is 0.858. The number of sulfonamides is 1. The van der Waals surface area contributed by atoms with Gasteiger partial charge in [0.05, 0.1) is 21.7 Å². The zero-order chi connectivity index (χ0) is 13.2. The molecule has 0 radical (unpaired) electrons. The summed E-state index contributed by atoms with van der Waals surface area (Å²) >= 11 is 12.6. The van der Waals surface area contributed by atoms with E-state index in [0.717, 1.165) is 10.2 Å². The Morgan fingerprint density at radius 1 is 1.39 bits per heavy atom. The first-order valence-corrected chi connectivity index (χ1v) is 8.51. The second-order valence-electron chi connectivity index (χ2n) is 3.61. The van der Waals surface area contributed by atoms with Crippen molar-refractivity contribution >= 4 is 60.5 Å². The molecule has 2 rings (SSSR count). The van der Waals surface area contributed by atoms with Gasteiger partial charge in [-0.1, -0.05) is 11.6 Å². The maximum atomic E-state index is 11.7. The molecular formula is C10H10Cl2N2O2S2. The molecule has 2 aromatic rings.